The number of hydrogen-bond acceptors (Lipinski definition) is 2. The van der Waals surface area contributed by atoms with E-state index >= 15 is 0 Å². The number of amides is 1. The maximum absolute atomic E-state index is 11.6. The monoisotopic (exact) mass is 217 g/mol. The van der Waals surface area contributed by atoms with Crippen LogP contribution in [0.3, 0.4) is 0 Å². The molecule has 1 aliphatic rings. The average Bonchev–Trinajstić information content (AvgIpc) is 2.52. The molecule has 1 amide bonds. The summed E-state index contributed by atoms with van der Waals surface area (Å²) in [5.74, 6) is -0.961. The highest BCUT2D eigenvalue weighted by Crippen LogP contribution is 2.22. The van der Waals surface area contributed by atoms with Crippen LogP contribution in [0, 0.1) is 0 Å². The van der Waals surface area contributed by atoms with E-state index in [1.165, 1.54) is 6.08 Å². The number of nitrogens with zero attached hydrogens (tertiary/aromatic N) is 1. The van der Waals surface area contributed by atoms with E-state index in [1.807, 2.05) is 6.07 Å². The molecule has 0 bridgehead atoms. The van der Waals surface area contributed by atoms with E-state index in [1.54, 1.807) is 24.1 Å². The van der Waals surface area contributed by atoms with Crippen molar-refractivity contribution in [3.05, 3.63) is 41.0 Å². The van der Waals surface area contributed by atoms with Crippen molar-refractivity contribution in [1.29, 1.82) is 0 Å². The van der Waals surface area contributed by atoms with Crippen LogP contribution >= 0.6 is 0 Å². The number of carboxylic acid groups (broad SMARTS) is 1. The summed E-state index contributed by atoms with van der Waals surface area (Å²) >= 11 is 0. The first-order valence-corrected chi connectivity index (χ1v) is 4.87. The largest absolute Gasteiger partial charge is 0.478 e. The molecule has 0 aliphatic carbocycles. The van der Waals surface area contributed by atoms with E-state index in [0.29, 0.717) is 12.1 Å². The van der Waals surface area contributed by atoms with Gasteiger partial charge in [0, 0.05) is 25.2 Å². The minimum absolute atomic E-state index is 0.0174. The molecule has 0 aromatic heterocycles. The van der Waals surface area contributed by atoms with E-state index < -0.39 is 5.97 Å². The van der Waals surface area contributed by atoms with Gasteiger partial charge in [0.2, 0.25) is 0 Å². The number of carbonyl (C=O) groups is 2. The first-order valence-electron chi connectivity index (χ1n) is 4.87. The fourth-order valence-corrected chi connectivity index (χ4v) is 1.76. The van der Waals surface area contributed by atoms with E-state index in [4.69, 9.17) is 5.11 Å². The average molecular weight is 217 g/mol. The van der Waals surface area contributed by atoms with Crippen LogP contribution in [-0.2, 0) is 11.3 Å². The number of aliphatic carboxylic acids is 1. The van der Waals surface area contributed by atoms with Gasteiger partial charge in [-0.15, -0.1) is 0 Å². The van der Waals surface area contributed by atoms with E-state index in [0.717, 1.165) is 17.2 Å². The van der Waals surface area contributed by atoms with Crippen LogP contribution in [0.4, 0.5) is 0 Å². The van der Waals surface area contributed by atoms with Crippen molar-refractivity contribution >= 4 is 18.0 Å². The molecule has 0 unspecified atom stereocenters. The van der Waals surface area contributed by atoms with Gasteiger partial charge in [0.1, 0.15) is 0 Å². The summed E-state index contributed by atoms with van der Waals surface area (Å²) in [6.45, 7) is 0.586. The molecule has 1 heterocycles. The third-order valence-corrected chi connectivity index (χ3v) is 2.53. The lowest BCUT2D eigenvalue weighted by atomic mass is 10.1. The van der Waals surface area contributed by atoms with Crippen molar-refractivity contribution in [2.24, 2.45) is 0 Å². The van der Waals surface area contributed by atoms with E-state index in [2.05, 4.69) is 0 Å². The van der Waals surface area contributed by atoms with E-state index in [9.17, 15) is 9.59 Å². The van der Waals surface area contributed by atoms with E-state index in [-0.39, 0.29) is 5.91 Å². The summed E-state index contributed by atoms with van der Waals surface area (Å²) in [7, 11) is 1.75. The smallest absolute Gasteiger partial charge is 0.328 e. The predicted octanol–water partition coefficient (Wildman–Crippen LogP) is 1.37. The molecule has 0 radical (unpaired) electrons. The molecule has 1 aromatic rings. The molecule has 0 saturated carbocycles. The van der Waals surface area contributed by atoms with Gasteiger partial charge < -0.3 is 10.0 Å². The quantitative estimate of drug-likeness (QED) is 0.761. The summed E-state index contributed by atoms with van der Waals surface area (Å²) in [5.41, 5.74) is 2.44. The summed E-state index contributed by atoms with van der Waals surface area (Å²) < 4.78 is 0. The number of benzene rings is 1. The van der Waals surface area contributed by atoms with Gasteiger partial charge in [-0.1, -0.05) is 6.07 Å². The highest BCUT2D eigenvalue weighted by atomic mass is 16.4. The van der Waals surface area contributed by atoms with Crippen molar-refractivity contribution < 1.29 is 14.7 Å². The van der Waals surface area contributed by atoms with Crippen LogP contribution in [0.25, 0.3) is 6.08 Å². The van der Waals surface area contributed by atoms with Crippen molar-refractivity contribution in [2.75, 3.05) is 7.05 Å². The zero-order valence-electron chi connectivity index (χ0n) is 8.80. The summed E-state index contributed by atoms with van der Waals surface area (Å²) in [4.78, 5) is 23.6. The Morgan fingerprint density at radius 2 is 2.25 bits per heavy atom. The zero-order valence-corrected chi connectivity index (χ0v) is 8.80. The first-order chi connectivity index (χ1) is 7.58. The lowest BCUT2D eigenvalue weighted by molar-refractivity contribution is -0.131. The number of hydrogen-bond donors (Lipinski definition) is 1. The van der Waals surface area contributed by atoms with Crippen molar-refractivity contribution in [2.45, 2.75) is 6.54 Å². The van der Waals surface area contributed by atoms with Gasteiger partial charge >= 0.3 is 5.97 Å². The van der Waals surface area contributed by atoms with Crippen LogP contribution in [0.1, 0.15) is 21.5 Å². The second-order valence-corrected chi connectivity index (χ2v) is 3.75. The molecule has 0 atom stereocenters. The highest BCUT2D eigenvalue weighted by Gasteiger charge is 2.23. The van der Waals surface area contributed by atoms with Gasteiger partial charge in [-0.3, -0.25) is 4.79 Å². The zero-order chi connectivity index (χ0) is 11.7. The Balaban J connectivity index is 2.32. The van der Waals surface area contributed by atoms with Crippen LogP contribution in [0.2, 0.25) is 0 Å². The topological polar surface area (TPSA) is 57.6 Å². The minimum Gasteiger partial charge on any atom is -0.478 e. The lowest BCUT2D eigenvalue weighted by Crippen LogP contribution is -2.17. The summed E-state index contributed by atoms with van der Waals surface area (Å²) in [6.07, 6.45) is 2.60. The maximum atomic E-state index is 11.6. The SMILES string of the molecule is CN1Cc2cc(/C=C/C(=O)O)ccc2C1=O. The van der Waals surface area contributed by atoms with Gasteiger partial charge in [0.05, 0.1) is 0 Å². The molecule has 4 nitrogen and oxygen atoms in total. The molecule has 4 heteroatoms. The Hall–Kier alpha value is -2.10. The highest BCUT2D eigenvalue weighted by molar-refractivity contribution is 5.98. The maximum Gasteiger partial charge on any atom is 0.328 e. The molecule has 1 aliphatic heterocycles. The van der Waals surface area contributed by atoms with Crippen LogP contribution in [-0.4, -0.2) is 28.9 Å². The van der Waals surface area contributed by atoms with Gasteiger partial charge in [-0.25, -0.2) is 4.79 Å². The van der Waals surface area contributed by atoms with Gasteiger partial charge in [0.15, 0.2) is 0 Å². The van der Waals surface area contributed by atoms with Gasteiger partial charge in [0.25, 0.3) is 5.91 Å². The number of carbonyl (C=O) groups excluding carboxylic acids is 1. The standard InChI is InChI=1S/C12H11NO3/c1-13-7-9-6-8(3-5-11(14)15)2-4-10(9)12(13)16/h2-6H,7H2,1H3,(H,14,15)/b5-3+. The molecule has 16 heavy (non-hydrogen) atoms. The van der Waals surface area contributed by atoms with Crippen LogP contribution < -0.4 is 0 Å². The molecule has 0 saturated heterocycles. The normalized spacial score (nSPS) is 14.6. The Morgan fingerprint density at radius 3 is 2.94 bits per heavy atom. The molecule has 2 rings (SSSR count). The predicted molar refractivity (Wildman–Crippen MR) is 58.9 cm³/mol. The van der Waals surface area contributed by atoms with Crippen molar-refractivity contribution in [1.82, 2.24) is 4.90 Å². The Kier molecular flexibility index (Phi) is 2.48. The molecule has 1 N–H and O–H groups in total. The molecular formula is C12H11NO3. The first kappa shape index (κ1) is 10.4. The molecule has 82 valence electrons. The molecule has 0 spiro atoms. The van der Waals surface area contributed by atoms with Crippen LogP contribution in [0.15, 0.2) is 24.3 Å². The third kappa shape index (κ3) is 1.82. The van der Waals surface area contributed by atoms with Crippen molar-refractivity contribution in [3.8, 4) is 0 Å². The number of rotatable bonds is 2. The second kappa shape index (κ2) is 3.81. The Labute approximate surface area is 92.8 Å². The second-order valence-electron chi connectivity index (χ2n) is 3.75. The summed E-state index contributed by atoms with van der Waals surface area (Å²) in [6, 6.07) is 5.33. The van der Waals surface area contributed by atoms with Gasteiger partial charge in [-0.05, 0) is 29.3 Å². The lowest BCUT2D eigenvalue weighted by Gasteiger charge is -2.04. The Morgan fingerprint density at radius 1 is 1.50 bits per heavy atom. The number of carboxylic acids is 1. The minimum atomic E-state index is -0.978. The molecular weight excluding hydrogens is 206 g/mol. The molecule has 1 aromatic carbocycles. The van der Waals surface area contributed by atoms with Crippen LogP contribution in [0.5, 0.6) is 0 Å². The van der Waals surface area contributed by atoms with Crippen molar-refractivity contribution in [3.63, 3.8) is 0 Å². The fourth-order valence-electron chi connectivity index (χ4n) is 1.76. The number of fused-ring (bicyclic) bond motifs is 1. The fraction of sp³-hybridized carbons (Fsp3) is 0.167. The summed E-state index contributed by atoms with van der Waals surface area (Å²) in [5, 5.41) is 8.50. The third-order valence-electron chi connectivity index (χ3n) is 2.53. The Bertz CT molecular complexity index is 491. The molecule has 0 fully saturated rings. The van der Waals surface area contributed by atoms with Gasteiger partial charge in [-0.2, -0.15) is 0 Å².